The highest BCUT2D eigenvalue weighted by Crippen LogP contribution is 2.25. The molecule has 88 valence electrons. The molecule has 0 atom stereocenters. The van der Waals surface area contributed by atoms with E-state index < -0.39 is 35.8 Å². The van der Waals surface area contributed by atoms with Crippen molar-refractivity contribution in [2.24, 2.45) is 5.73 Å². The minimum atomic E-state index is -2.97. The highest BCUT2D eigenvalue weighted by molar-refractivity contribution is 5.71. The molecule has 0 radical (unpaired) electrons. The summed E-state index contributed by atoms with van der Waals surface area (Å²) in [4.78, 5) is 13.8. The van der Waals surface area contributed by atoms with Gasteiger partial charge in [-0.3, -0.25) is 9.78 Å². The summed E-state index contributed by atoms with van der Waals surface area (Å²) in [5.41, 5.74) is 3.65. The van der Waals surface area contributed by atoms with E-state index in [4.69, 9.17) is 10.8 Å². The second kappa shape index (κ2) is 4.93. The first-order chi connectivity index (χ1) is 7.47. The Bertz CT molecular complexity index is 410. The van der Waals surface area contributed by atoms with Gasteiger partial charge in [0.1, 0.15) is 5.82 Å². The molecule has 0 aliphatic carbocycles. The lowest BCUT2D eigenvalue weighted by atomic mass is 10.1. The number of nitrogens with two attached hydrogens (primary N) is 1. The van der Waals surface area contributed by atoms with Crippen LogP contribution in [0.5, 0.6) is 0 Å². The number of halogens is 3. The lowest BCUT2D eigenvalue weighted by Crippen LogP contribution is -2.12. The number of carbonyl (C=O) groups is 1. The number of aliphatic carboxylic acids is 1. The summed E-state index contributed by atoms with van der Waals surface area (Å²) >= 11 is 0. The zero-order chi connectivity index (χ0) is 12.3. The van der Waals surface area contributed by atoms with E-state index in [2.05, 4.69) is 4.98 Å². The van der Waals surface area contributed by atoms with Gasteiger partial charge in [-0.25, -0.2) is 13.2 Å². The van der Waals surface area contributed by atoms with Crippen molar-refractivity contribution in [3.05, 3.63) is 28.8 Å². The van der Waals surface area contributed by atoms with Gasteiger partial charge in [-0.05, 0) is 0 Å². The predicted molar refractivity (Wildman–Crippen MR) is 48.4 cm³/mol. The van der Waals surface area contributed by atoms with Gasteiger partial charge < -0.3 is 10.8 Å². The molecule has 3 N–H and O–H groups in total. The zero-order valence-corrected chi connectivity index (χ0v) is 8.08. The Hall–Kier alpha value is -1.63. The minimum Gasteiger partial charge on any atom is -0.481 e. The molecule has 0 aromatic carbocycles. The number of aromatic nitrogens is 1. The standard InChI is InChI=1S/C9H9F3N2O2/c10-8-4(1-7(15)16)5(9(11)12)3-14-6(8)2-13/h3,9H,1-2,13H2,(H,15,16). The molecule has 0 bridgehead atoms. The van der Waals surface area contributed by atoms with Crippen LogP contribution in [0.3, 0.4) is 0 Å². The number of carboxylic acids is 1. The second-order valence-electron chi connectivity index (χ2n) is 3.03. The minimum absolute atomic E-state index is 0.222. The molecule has 1 aromatic rings. The number of hydrogen-bond donors (Lipinski definition) is 2. The smallest absolute Gasteiger partial charge is 0.307 e. The van der Waals surface area contributed by atoms with E-state index in [1.54, 1.807) is 0 Å². The molecule has 0 saturated carbocycles. The summed E-state index contributed by atoms with van der Waals surface area (Å²) in [5.74, 6) is -2.46. The Morgan fingerprint density at radius 3 is 2.62 bits per heavy atom. The average molecular weight is 234 g/mol. The van der Waals surface area contributed by atoms with Gasteiger partial charge in [0.15, 0.2) is 0 Å². The Kier molecular flexibility index (Phi) is 3.83. The van der Waals surface area contributed by atoms with Crippen LogP contribution >= 0.6 is 0 Å². The molecule has 1 heterocycles. The molecule has 4 nitrogen and oxygen atoms in total. The van der Waals surface area contributed by atoms with Crippen LogP contribution in [0.15, 0.2) is 6.20 Å². The first-order valence-electron chi connectivity index (χ1n) is 4.33. The van der Waals surface area contributed by atoms with Crippen molar-refractivity contribution in [3.8, 4) is 0 Å². The van der Waals surface area contributed by atoms with Crippen molar-refractivity contribution in [2.75, 3.05) is 0 Å². The first kappa shape index (κ1) is 12.4. The third-order valence-corrected chi connectivity index (χ3v) is 1.98. The summed E-state index contributed by atoms with van der Waals surface area (Å²) in [6.45, 7) is -0.276. The maximum absolute atomic E-state index is 13.5. The fourth-order valence-electron chi connectivity index (χ4n) is 1.24. The first-order valence-corrected chi connectivity index (χ1v) is 4.33. The maximum Gasteiger partial charge on any atom is 0.307 e. The highest BCUT2D eigenvalue weighted by atomic mass is 19.3. The third kappa shape index (κ3) is 2.48. The van der Waals surface area contributed by atoms with Crippen molar-refractivity contribution in [2.45, 2.75) is 19.4 Å². The molecule has 0 aliphatic rings. The average Bonchev–Trinajstić information content (AvgIpc) is 2.19. The number of alkyl halides is 2. The van der Waals surface area contributed by atoms with E-state index >= 15 is 0 Å². The molecule has 0 saturated heterocycles. The molecular weight excluding hydrogens is 225 g/mol. The van der Waals surface area contributed by atoms with Crippen molar-refractivity contribution >= 4 is 5.97 Å². The molecule has 16 heavy (non-hydrogen) atoms. The fraction of sp³-hybridized carbons (Fsp3) is 0.333. The van der Waals surface area contributed by atoms with Crippen LogP contribution in [0.25, 0.3) is 0 Å². The maximum atomic E-state index is 13.5. The van der Waals surface area contributed by atoms with E-state index in [1.165, 1.54) is 0 Å². The number of carboxylic acid groups (broad SMARTS) is 1. The van der Waals surface area contributed by atoms with E-state index in [-0.39, 0.29) is 12.2 Å². The molecule has 1 rings (SSSR count). The number of pyridine rings is 1. The van der Waals surface area contributed by atoms with Crippen LogP contribution in [0.1, 0.15) is 23.2 Å². The molecule has 0 unspecified atom stereocenters. The van der Waals surface area contributed by atoms with E-state index in [9.17, 15) is 18.0 Å². The Balaban J connectivity index is 3.30. The number of hydrogen-bond acceptors (Lipinski definition) is 3. The largest absolute Gasteiger partial charge is 0.481 e. The Morgan fingerprint density at radius 2 is 2.19 bits per heavy atom. The second-order valence-corrected chi connectivity index (χ2v) is 3.03. The van der Waals surface area contributed by atoms with Gasteiger partial charge in [-0.2, -0.15) is 0 Å². The van der Waals surface area contributed by atoms with Gasteiger partial charge in [0.25, 0.3) is 6.43 Å². The van der Waals surface area contributed by atoms with Gasteiger partial charge in [-0.15, -0.1) is 0 Å². The predicted octanol–water partition coefficient (Wildman–Crippen LogP) is 1.24. The fourth-order valence-corrected chi connectivity index (χ4v) is 1.24. The van der Waals surface area contributed by atoms with Crippen LogP contribution in [-0.2, 0) is 17.8 Å². The summed E-state index contributed by atoms with van der Waals surface area (Å²) < 4.78 is 38.4. The highest BCUT2D eigenvalue weighted by Gasteiger charge is 2.21. The van der Waals surface area contributed by atoms with E-state index in [0.717, 1.165) is 6.20 Å². The molecule has 0 aliphatic heterocycles. The quantitative estimate of drug-likeness (QED) is 0.821. The van der Waals surface area contributed by atoms with Gasteiger partial charge in [0.05, 0.1) is 12.1 Å². The summed E-state index contributed by atoms with van der Waals surface area (Å²) in [6, 6.07) is 0. The van der Waals surface area contributed by atoms with Gasteiger partial charge in [0, 0.05) is 23.9 Å². The Morgan fingerprint density at radius 1 is 1.56 bits per heavy atom. The van der Waals surface area contributed by atoms with Crippen molar-refractivity contribution in [1.29, 1.82) is 0 Å². The monoisotopic (exact) mass is 234 g/mol. The number of rotatable bonds is 4. The molecular formula is C9H9F3N2O2. The van der Waals surface area contributed by atoms with E-state index in [0.29, 0.717) is 0 Å². The zero-order valence-electron chi connectivity index (χ0n) is 8.08. The van der Waals surface area contributed by atoms with Crippen LogP contribution < -0.4 is 5.73 Å². The topological polar surface area (TPSA) is 76.2 Å². The lowest BCUT2D eigenvalue weighted by molar-refractivity contribution is -0.136. The molecule has 0 amide bonds. The third-order valence-electron chi connectivity index (χ3n) is 1.98. The van der Waals surface area contributed by atoms with Crippen LogP contribution in [0.2, 0.25) is 0 Å². The lowest BCUT2D eigenvalue weighted by Gasteiger charge is -2.10. The van der Waals surface area contributed by atoms with Crippen LogP contribution in [0.4, 0.5) is 13.2 Å². The Labute approximate surface area is 88.9 Å². The number of nitrogens with zero attached hydrogens (tertiary/aromatic N) is 1. The summed E-state index contributed by atoms with van der Waals surface area (Å²) in [6.07, 6.45) is -3.03. The van der Waals surface area contributed by atoms with Crippen molar-refractivity contribution in [3.63, 3.8) is 0 Å². The van der Waals surface area contributed by atoms with Gasteiger partial charge >= 0.3 is 5.97 Å². The van der Waals surface area contributed by atoms with Crippen molar-refractivity contribution in [1.82, 2.24) is 4.98 Å². The van der Waals surface area contributed by atoms with Crippen LogP contribution in [0, 0.1) is 5.82 Å². The van der Waals surface area contributed by atoms with Crippen molar-refractivity contribution < 1.29 is 23.1 Å². The SMILES string of the molecule is NCc1ncc(C(F)F)c(CC(=O)O)c1F. The normalized spacial score (nSPS) is 10.8. The molecule has 0 spiro atoms. The molecule has 0 fully saturated rings. The van der Waals surface area contributed by atoms with Gasteiger partial charge in [-0.1, -0.05) is 0 Å². The molecule has 7 heteroatoms. The summed E-state index contributed by atoms with van der Waals surface area (Å²) in [5, 5.41) is 8.50. The summed E-state index contributed by atoms with van der Waals surface area (Å²) in [7, 11) is 0. The van der Waals surface area contributed by atoms with Gasteiger partial charge in [0.2, 0.25) is 0 Å². The van der Waals surface area contributed by atoms with E-state index in [1.807, 2.05) is 0 Å². The molecule has 1 aromatic heterocycles. The van der Waals surface area contributed by atoms with Crippen LogP contribution in [-0.4, -0.2) is 16.1 Å².